The average molecular weight is 302 g/mol. The molecule has 0 aliphatic carbocycles. The second-order valence-electron chi connectivity index (χ2n) is 4.07. The Morgan fingerprint density at radius 3 is 2.38 bits per heavy atom. The van der Waals surface area contributed by atoms with Crippen molar-refractivity contribution in [2.24, 2.45) is 5.73 Å². The fraction of sp³-hybridized carbons (Fsp3) is 0. The van der Waals surface area contributed by atoms with Gasteiger partial charge in [-0.05, 0) is 42.5 Å². The van der Waals surface area contributed by atoms with E-state index in [4.69, 9.17) is 15.2 Å². The molecule has 0 aliphatic rings. The minimum Gasteiger partial charge on any atom is -0.379 e. The summed E-state index contributed by atoms with van der Waals surface area (Å²) >= 11 is 0. The first kappa shape index (κ1) is 14.6. The van der Waals surface area contributed by atoms with E-state index in [1.54, 1.807) is 0 Å². The van der Waals surface area contributed by atoms with E-state index in [0.717, 1.165) is 0 Å². The Kier molecular flexibility index (Phi) is 3.91. The maximum atomic E-state index is 12.1. The van der Waals surface area contributed by atoms with Crippen LogP contribution in [0.25, 0.3) is 0 Å². The molecule has 2 rings (SSSR count). The minimum atomic E-state index is -4.04. The van der Waals surface area contributed by atoms with Crippen LogP contribution >= 0.6 is 0 Å². The van der Waals surface area contributed by atoms with Crippen LogP contribution < -0.4 is 9.92 Å². The van der Waals surface area contributed by atoms with Crippen LogP contribution in [0.15, 0.2) is 53.4 Å². The molecule has 2 N–H and O–H groups in total. The summed E-state index contributed by atoms with van der Waals surface area (Å²) in [5.74, 6) is -0.616. The van der Waals surface area contributed by atoms with Crippen molar-refractivity contribution in [3.63, 3.8) is 0 Å². The SMILES string of the molecule is N#Cc1cccc(OS(=O)(=O)c2ccc(C(N)=O)cc2)c1. The molecule has 0 unspecified atom stereocenters. The van der Waals surface area contributed by atoms with Gasteiger partial charge in [-0.3, -0.25) is 4.79 Å². The lowest BCUT2D eigenvalue weighted by atomic mass is 10.2. The van der Waals surface area contributed by atoms with Gasteiger partial charge in [0.1, 0.15) is 10.6 Å². The highest BCUT2D eigenvalue weighted by molar-refractivity contribution is 7.87. The lowest BCUT2D eigenvalue weighted by Crippen LogP contribution is -2.13. The Morgan fingerprint density at radius 2 is 1.81 bits per heavy atom. The summed E-state index contributed by atoms with van der Waals surface area (Å²) in [7, 11) is -4.04. The molecule has 0 aliphatic heterocycles. The number of nitriles is 1. The van der Waals surface area contributed by atoms with E-state index in [2.05, 4.69) is 0 Å². The first-order chi connectivity index (χ1) is 9.92. The van der Waals surface area contributed by atoms with Crippen molar-refractivity contribution in [2.75, 3.05) is 0 Å². The van der Waals surface area contributed by atoms with Gasteiger partial charge < -0.3 is 9.92 Å². The number of hydrogen-bond donors (Lipinski definition) is 1. The minimum absolute atomic E-state index is 0.0352. The maximum absolute atomic E-state index is 12.1. The predicted molar refractivity (Wildman–Crippen MR) is 73.9 cm³/mol. The fourth-order valence-electron chi connectivity index (χ4n) is 1.58. The van der Waals surface area contributed by atoms with Gasteiger partial charge >= 0.3 is 10.1 Å². The molecule has 1 amide bonds. The Hall–Kier alpha value is -2.85. The summed E-state index contributed by atoms with van der Waals surface area (Å²) in [6.45, 7) is 0. The molecule has 0 aromatic heterocycles. The number of carbonyl (C=O) groups is 1. The standard InChI is InChI=1S/C14H10N2O4S/c15-9-10-2-1-3-12(8-10)20-21(18,19)13-6-4-11(5-7-13)14(16)17/h1-8H,(H2,16,17). The molecule has 2 aromatic carbocycles. The zero-order valence-electron chi connectivity index (χ0n) is 10.7. The lowest BCUT2D eigenvalue weighted by Gasteiger charge is -2.07. The van der Waals surface area contributed by atoms with E-state index in [0.29, 0.717) is 0 Å². The number of primary amides is 1. The third-order valence-corrected chi connectivity index (χ3v) is 3.86. The van der Waals surface area contributed by atoms with Crippen LogP contribution in [0, 0.1) is 11.3 Å². The van der Waals surface area contributed by atoms with Crippen LogP contribution in [-0.4, -0.2) is 14.3 Å². The summed E-state index contributed by atoms with van der Waals surface area (Å²) in [6.07, 6.45) is 0. The van der Waals surface area contributed by atoms with E-state index in [1.165, 1.54) is 48.5 Å². The molecule has 0 fully saturated rings. The van der Waals surface area contributed by atoms with Crippen molar-refractivity contribution in [1.29, 1.82) is 5.26 Å². The van der Waals surface area contributed by atoms with Crippen molar-refractivity contribution in [2.45, 2.75) is 4.90 Å². The van der Waals surface area contributed by atoms with Crippen molar-refractivity contribution >= 4 is 16.0 Å². The van der Waals surface area contributed by atoms with E-state index in [-0.39, 0.29) is 21.8 Å². The molecule has 0 radical (unpaired) electrons. The van der Waals surface area contributed by atoms with Gasteiger partial charge in [0.2, 0.25) is 5.91 Å². The quantitative estimate of drug-likeness (QED) is 0.859. The third kappa shape index (κ3) is 3.38. The van der Waals surface area contributed by atoms with Crippen molar-refractivity contribution in [1.82, 2.24) is 0 Å². The summed E-state index contributed by atoms with van der Waals surface area (Å²) in [5, 5.41) is 8.76. The maximum Gasteiger partial charge on any atom is 0.339 e. The van der Waals surface area contributed by atoms with Gasteiger partial charge in [0.25, 0.3) is 0 Å². The second kappa shape index (κ2) is 5.64. The van der Waals surface area contributed by atoms with Crippen LogP contribution in [0.1, 0.15) is 15.9 Å². The van der Waals surface area contributed by atoms with Crippen molar-refractivity contribution in [3.8, 4) is 11.8 Å². The number of amides is 1. The number of benzene rings is 2. The van der Waals surface area contributed by atoms with Gasteiger partial charge in [0.15, 0.2) is 0 Å². The Bertz CT molecular complexity index is 821. The zero-order chi connectivity index (χ0) is 15.5. The predicted octanol–water partition coefficient (Wildman–Crippen LogP) is 1.42. The molecule has 0 saturated carbocycles. The largest absolute Gasteiger partial charge is 0.379 e. The summed E-state index contributed by atoms with van der Waals surface area (Å²) in [4.78, 5) is 10.8. The van der Waals surface area contributed by atoms with E-state index < -0.39 is 16.0 Å². The first-order valence-electron chi connectivity index (χ1n) is 5.77. The topological polar surface area (TPSA) is 110 Å². The van der Waals surface area contributed by atoms with Gasteiger partial charge in [-0.1, -0.05) is 6.07 Å². The van der Waals surface area contributed by atoms with E-state index in [9.17, 15) is 13.2 Å². The highest BCUT2D eigenvalue weighted by Crippen LogP contribution is 2.20. The first-order valence-corrected chi connectivity index (χ1v) is 7.18. The van der Waals surface area contributed by atoms with Gasteiger partial charge in [0, 0.05) is 5.56 Å². The third-order valence-electron chi connectivity index (χ3n) is 2.60. The molecule has 0 saturated heterocycles. The Labute approximate surface area is 121 Å². The Morgan fingerprint density at radius 1 is 1.14 bits per heavy atom. The van der Waals surface area contributed by atoms with Crippen LogP contribution in [0.5, 0.6) is 5.75 Å². The second-order valence-corrected chi connectivity index (χ2v) is 5.61. The average Bonchev–Trinajstić information content (AvgIpc) is 2.47. The van der Waals surface area contributed by atoms with Gasteiger partial charge in [-0.15, -0.1) is 0 Å². The molecule has 0 bridgehead atoms. The lowest BCUT2D eigenvalue weighted by molar-refractivity contribution is 0.1000. The van der Waals surface area contributed by atoms with Crippen LogP contribution in [0.2, 0.25) is 0 Å². The highest BCUT2D eigenvalue weighted by atomic mass is 32.2. The van der Waals surface area contributed by atoms with Crippen molar-refractivity contribution in [3.05, 3.63) is 59.7 Å². The molecule has 7 heteroatoms. The molecular formula is C14H10N2O4S. The molecule has 6 nitrogen and oxygen atoms in total. The van der Waals surface area contributed by atoms with Crippen LogP contribution in [-0.2, 0) is 10.1 Å². The molecule has 21 heavy (non-hydrogen) atoms. The van der Waals surface area contributed by atoms with Gasteiger partial charge in [0.05, 0.1) is 11.6 Å². The van der Waals surface area contributed by atoms with Crippen LogP contribution in [0.3, 0.4) is 0 Å². The number of carbonyl (C=O) groups excluding carboxylic acids is 1. The molecular weight excluding hydrogens is 292 g/mol. The van der Waals surface area contributed by atoms with E-state index in [1.807, 2.05) is 6.07 Å². The molecule has 0 spiro atoms. The number of nitrogens with zero attached hydrogens (tertiary/aromatic N) is 1. The number of nitrogens with two attached hydrogens (primary N) is 1. The van der Waals surface area contributed by atoms with E-state index >= 15 is 0 Å². The van der Waals surface area contributed by atoms with Gasteiger partial charge in [-0.2, -0.15) is 13.7 Å². The zero-order valence-corrected chi connectivity index (χ0v) is 11.5. The summed E-state index contributed by atoms with van der Waals surface area (Å²) in [5.41, 5.74) is 5.56. The van der Waals surface area contributed by atoms with Gasteiger partial charge in [-0.25, -0.2) is 0 Å². The number of rotatable bonds is 4. The highest BCUT2D eigenvalue weighted by Gasteiger charge is 2.17. The molecule has 0 heterocycles. The monoisotopic (exact) mass is 302 g/mol. The van der Waals surface area contributed by atoms with Crippen molar-refractivity contribution < 1.29 is 17.4 Å². The summed E-state index contributed by atoms with van der Waals surface area (Å²) < 4.78 is 29.1. The summed E-state index contributed by atoms with van der Waals surface area (Å²) in [6, 6.07) is 12.7. The molecule has 2 aromatic rings. The molecule has 0 atom stereocenters. The fourth-order valence-corrected chi connectivity index (χ4v) is 2.50. The Balaban J connectivity index is 2.29. The number of hydrogen-bond acceptors (Lipinski definition) is 5. The smallest absolute Gasteiger partial charge is 0.339 e. The van der Waals surface area contributed by atoms with Crippen LogP contribution in [0.4, 0.5) is 0 Å². The molecule has 106 valence electrons. The normalized spacial score (nSPS) is 10.6.